The van der Waals surface area contributed by atoms with Crippen molar-refractivity contribution < 1.29 is 9.26 Å². The Labute approximate surface area is 123 Å². The maximum Gasteiger partial charge on any atom is 0.261 e. The van der Waals surface area contributed by atoms with Crippen LogP contribution in [0.3, 0.4) is 0 Å². The largest absolute Gasteiger partial charge is 0.390 e. The average molecular weight is 295 g/mol. The van der Waals surface area contributed by atoms with Crippen molar-refractivity contribution in [2.75, 3.05) is 12.8 Å². The summed E-state index contributed by atoms with van der Waals surface area (Å²) < 4.78 is 11.0. The number of aromatic nitrogens is 2. The van der Waals surface area contributed by atoms with E-state index in [9.17, 15) is 0 Å². The van der Waals surface area contributed by atoms with Crippen molar-refractivity contribution in [2.24, 2.45) is 0 Å². The second-order valence-electron chi connectivity index (χ2n) is 4.67. The molecular formula is C14H21N3O2S. The van der Waals surface area contributed by atoms with Gasteiger partial charge in [-0.15, -0.1) is 11.3 Å². The molecule has 0 atom stereocenters. The fourth-order valence-corrected chi connectivity index (χ4v) is 3.12. The van der Waals surface area contributed by atoms with Gasteiger partial charge < -0.3 is 15.0 Å². The molecule has 0 fully saturated rings. The van der Waals surface area contributed by atoms with Crippen molar-refractivity contribution in [1.82, 2.24) is 10.1 Å². The molecule has 0 radical (unpaired) electrons. The molecule has 0 saturated heterocycles. The lowest BCUT2D eigenvalue weighted by Crippen LogP contribution is -2.28. The van der Waals surface area contributed by atoms with E-state index < -0.39 is 5.60 Å². The van der Waals surface area contributed by atoms with E-state index in [1.807, 2.05) is 6.07 Å². The van der Waals surface area contributed by atoms with Crippen molar-refractivity contribution in [1.29, 1.82) is 0 Å². The van der Waals surface area contributed by atoms with Crippen LogP contribution in [0.5, 0.6) is 0 Å². The first-order chi connectivity index (χ1) is 9.60. The third kappa shape index (κ3) is 2.45. The van der Waals surface area contributed by atoms with E-state index in [-0.39, 0.29) is 0 Å². The fourth-order valence-electron chi connectivity index (χ4n) is 2.26. The lowest BCUT2D eigenvalue weighted by atomic mass is 9.96. The molecular weight excluding hydrogens is 274 g/mol. The molecule has 2 aromatic rings. The van der Waals surface area contributed by atoms with E-state index in [2.05, 4.69) is 30.9 Å². The summed E-state index contributed by atoms with van der Waals surface area (Å²) in [6.07, 6.45) is 2.53. The van der Waals surface area contributed by atoms with Crippen LogP contribution >= 0.6 is 11.3 Å². The predicted molar refractivity (Wildman–Crippen MR) is 80.7 cm³/mol. The monoisotopic (exact) mass is 295 g/mol. The zero-order valence-electron chi connectivity index (χ0n) is 12.4. The molecule has 2 N–H and O–H groups in total. The van der Waals surface area contributed by atoms with Gasteiger partial charge in [-0.1, -0.05) is 25.9 Å². The molecule has 5 nitrogen and oxygen atoms in total. The van der Waals surface area contributed by atoms with Gasteiger partial charge in [0.1, 0.15) is 5.60 Å². The molecule has 0 aliphatic rings. The highest BCUT2D eigenvalue weighted by atomic mass is 32.1. The summed E-state index contributed by atoms with van der Waals surface area (Å²) in [7, 11) is 1.68. The lowest BCUT2D eigenvalue weighted by molar-refractivity contribution is -0.0306. The Kier molecular flexibility index (Phi) is 4.45. The van der Waals surface area contributed by atoms with Gasteiger partial charge in [-0.25, -0.2) is 0 Å². The Hall–Kier alpha value is -1.40. The van der Waals surface area contributed by atoms with Crippen molar-refractivity contribution in [3.05, 3.63) is 16.8 Å². The van der Waals surface area contributed by atoms with Crippen LogP contribution < -0.4 is 5.73 Å². The summed E-state index contributed by atoms with van der Waals surface area (Å²) in [5.41, 5.74) is 6.36. The first kappa shape index (κ1) is 15.0. The second-order valence-corrected chi connectivity index (χ2v) is 5.84. The molecule has 110 valence electrons. The number of anilines is 1. The molecule has 6 heteroatoms. The summed E-state index contributed by atoms with van der Waals surface area (Å²) in [5.74, 6) is 1.06. The summed E-state index contributed by atoms with van der Waals surface area (Å²) >= 11 is 1.56. The molecule has 0 spiro atoms. The molecule has 0 aromatic carbocycles. The minimum Gasteiger partial charge on any atom is -0.390 e. The Morgan fingerprint density at radius 2 is 2.05 bits per heavy atom. The van der Waals surface area contributed by atoms with Crippen LogP contribution in [0.1, 0.15) is 44.3 Å². The second kappa shape index (κ2) is 5.93. The van der Waals surface area contributed by atoms with Crippen LogP contribution in [0.15, 0.2) is 10.6 Å². The molecule has 2 heterocycles. The number of thiophene rings is 1. The zero-order chi connectivity index (χ0) is 14.8. The molecule has 0 unspecified atom stereocenters. The van der Waals surface area contributed by atoms with Gasteiger partial charge in [-0.05, 0) is 25.3 Å². The number of nitrogens with two attached hydrogens (primary N) is 1. The van der Waals surface area contributed by atoms with Gasteiger partial charge in [-0.3, -0.25) is 0 Å². The van der Waals surface area contributed by atoms with Crippen LogP contribution in [0.4, 0.5) is 5.00 Å². The smallest absolute Gasteiger partial charge is 0.261 e. The van der Waals surface area contributed by atoms with Crippen molar-refractivity contribution in [3.63, 3.8) is 0 Å². The summed E-state index contributed by atoms with van der Waals surface area (Å²) in [6, 6.07) is 2.02. The molecule has 2 rings (SSSR count). The first-order valence-electron chi connectivity index (χ1n) is 6.88. The number of hydrogen-bond donors (Lipinski definition) is 1. The average Bonchev–Trinajstić information content (AvgIpc) is 3.08. The van der Waals surface area contributed by atoms with Crippen LogP contribution in [-0.4, -0.2) is 17.3 Å². The molecule has 0 saturated carbocycles. The van der Waals surface area contributed by atoms with Crippen LogP contribution in [0.25, 0.3) is 11.5 Å². The predicted octanol–water partition coefficient (Wildman–Crippen LogP) is 3.60. The lowest BCUT2D eigenvalue weighted by Gasteiger charge is -2.25. The molecule has 2 aromatic heterocycles. The summed E-state index contributed by atoms with van der Waals surface area (Å²) in [6.45, 7) is 6.20. The minimum absolute atomic E-state index is 0.469. The van der Waals surface area contributed by atoms with Gasteiger partial charge in [0.15, 0.2) is 0 Å². The SMILES string of the molecule is CCc1cc(-c2nc(C(CC)(CC)OC)no2)c(N)s1. The Bertz CT molecular complexity index is 564. The van der Waals surface area contributed by atoms with E-state index in [1.54, 1.807) is 18.4 Å². The highest BCUT2D eigenvalue weighted by Gasteiger charge is 2.34. The summed E-state index contributed by atoms with van der Waals surface area (Å²) in [4.78, 5) is 5.71. The highest BCUT2D eigenvalue weighted by Crippen LogP contribution is 2.36. The van der Waals surface area contributed by atoms with E-state index >= 15 is 0 Å². The van der Waals surface area contributed by atoms with Crippen LogP contribution in [-0.2, 0) is 16.8 Å². The van der Waals surface area contributed by atoms with E-state index in [1.165, 1.54) is 4.88 Å². The number of nitrogens with zero attached hydrogens (tertiary/aromatic N) is 2. The quantitative estimate of drug-likeness (QED) is 0.881. The number of nitrogen functional groups attached to an aromatic ring is 1. The third-order valence-electron chi connectivity index (χ3n) is 3.76. The number of hydrogen-bond acceptors (Lipinski definition) is 6. The number of aryl methyl sites for hydroxylation is 1. The normalized spacial score (nSPS) is 12.0. The van der Waals surface area contributed by atoms with E-state index in [0.717, 1.165) is 24.8 Å². The van der Waals surface area contributed by atoms with Crippen LogP contribution in [0, 0.1) is 0 Å². The molecule has 0 aliphatic carbocycles. The topological polar surface area (TPSA) is 74.2 Å². The molecule has 0 aliphatic heterocycles. The van der Waals surface area contributed by atoms with Crippen molar-refractivity contribution >= 4 is 16.3 Å². The maximum atomic E-state index is 6.02. The van der Waals surface area contributed by atoms with Gasteiger partial charge in [0.2, 0.25) is 5.82 Å². The highest BCUT2D eigenvalue weighted by molar-refractivity contribution is 7.16. The minimum atomic E-state index is -0.486. The van der Waals surface area contributed by atoms with Gasteiger partial charge in [0.05, 0.1) is 10.6 Å². The number of methoxy groups -OCH3 is 1. The van der Waals surface area contributed by atoms with E-state index in [0.29, 0.717) is 16.7 Å². The van der Waals surface area contributed by atoms with Gasteiger partial charge >= 0.3 is 0 Å². The van der Waals surface area contributed by atoms with Gasteiger partial charge in [0.25, 0.3) is 5.89 Å². The van der Waals surface area contributed by atoms with Crippen LogP contribution in [0.2, 0.25) is 0 Å². The maximum absolute atomic E-state index is 6.02. The first-order valence-corrected chi connectivity index (χ1v) is 7.69. The summed E-state index contributed by atoms with van der Waals surface area (Å²) in [5, 5.41) is 4.81. The zero-order valence-corrected chi connectivity index (χ0v) is 13.2. The van der Waals surface area contributed by atoms with Gasteiger partial charge in [-0.2, -0.15) is 4.98 Å². The van der Waals surface area contributed by atoms with Crippen molar-refractivity contribution in [3.8, 4) is 11.5 Å². The Morgan fingerprint density at radius 3 is 2.55 bits per heavy atom. The fraction of sp³-hybridized carbons (Fsp3) is 0.571. The third-order valence-corrected chi connectivity index (χ3v) is 4.87. The number of ether oxygens (including phenoxy) is 1. The molecule has 20 heavy (non-hydrogen) atoms. The van der Waals surface area contributed by atoms with Gasteiger partial charge in [0, 0.05) is 12.0 Å². The standard InChI is InChI=1S/C14H21N3O2S/c1-5-9-8-10(11(15)20-9)12-16-13(17-19-12)14(6-2,7-3)18-4/h8H,5-7,15H2,1-4H3. The number of rotatable bonds is 6. The Balaban J connectivity index is 2.39. The Morgan fingerprint density at radius 1 is 1.35 bits per heavy atom. The molecule has 0 bridgehead atoms. The molecule has 0 amide bonds. The van der Waals surface area contributed by atoms with Crippen molar-refractivity contribution in [2.45, 2.75) is 45.6 Å². The van der Waals surface area contributed by atoms with E-state index in [4.69, 9.17) is 15.0 Å².